The first-order chi connectivity index (χ1) is 14.3. The standard InChI is InChI=1S/C21H26FN3O4S/c1-17-3-2-4-19(15-17)29-16-21(26)23-9-10-24-11-13-25(14-12-24)30(27,28)20-7-5-18(22)6-8-20/h2-8,15H,9-14,16H2,1H3,(H,23,26). The normalized spacial score (nSPS) is 15.7. The van der Waals surface area contributed by atoms with Gasteiger partial charge in [-0.1, -0.05) is 12.1 Å². The minimum absolute atomic E-state index is 0.0485. The summed E-state index contributed by atoms with van der Waals surface area (Å²) >= 11 is 0. The van der Waals surface area contributed by atoms with Crippen LogP contribution in [0, 0.1) is 12.7 Å². The quantitative estimate of drug-likeness (QED) is 0.682. The lowest BCUT2D eigenvalue weighted by Crippen LogP contribution is -2.50. The van der Waals surface area contributed by atoms with E-state index < -0.39 is 15.8 Å². The Balaban J connectivity index is 1.37. The van der Waals surface area contributed by atoms with Crippen molar-refractivity contribution < 1.29 is 22.3 Å². The van der Waals surface area contributed by atoms with E-state index in [1.165, 1.54) is 16.4 Å². The highest BCUT2D eigenvalue weighted by Crippen LogP contribution is 2.18. The number of sulfonamides is 1. The monoisotopic (exact) mass is 435 g/mol. The van der Waals surface area contributed by atoms with Gasteiger partial charge < -0.3 is 10.1 Å². The van der Waals surface area contributed by atoms with Crippen LogP contribution in [0.4, 0.5) is 4.39 Å². The van der Waals surface area contributed by atoms with Gasteiger partial charge in [-0.2, -0.15) is 4.31 Å². The number of nitrogens with one attached hydrogen (secondary N) is 1. The number of ether oxygens (including phenoxy) is 1. The van der Waals surface area contributed by atoms with Crippen LogP contribution in [0.2, 0.25) is 0 Å². The van der Waals surface area contributed by atoms with Gasteiger partial charge in [-0.15, -0.1) is 0 Å². The van der Waals surface area contributed by atoms with Crippen LogP contribution in [0.25, 0.3) is 0 Å². The van der Waals surface area contributed by atoms with Gasteiger partial charge in [0.05, 0.1) is 4.90 Å². The predicted octanol–water partition coefficient (Wildman–Crippen LogP) is 1.64. The zero-order valence-corrected chi connectivity index (χ0v) is 17.7. The van der Waals surface area contributed by atoms with Crippen LogP contribution in [0.15, 0.2) is 53.4 Å². The lowest BCUT2D eigenvalue weighted by atomic mass is 10.2. The van der Waals surface area contributed by atoms with Crippen molar-refractivity contribution in [2.24, 2.45) is 0 Å². The van der Waals surface area contributed by atoms with Crippen molar-refractivity contribution in [2.75, 3.05) is 45.9 Å². The maximum absolute atomic E-state index is 13.0. The Bertz CT molecular complexity index is 958. The maximum Gasteiger partial charge on any atom is 0.257 e. The van der Waals surface area contributed by atoms with Gasteiger partial charge >= 0.3 is 0 Å². The Morgan fingerprint density at radius 1 is 1.10 bits per heavy atom. The molecule has 1 aliphatic rings. The first-order valence-electron chi connectivity index (χ1n) is 9.79. The van der Waals surface area contributed by atoms with Gasteiger partial charge in [0.1, 0.15) is 11.6 Å². The Morgan fingerprint density at radius 3 is 2.47 bits per heavy atom. The minimum Gasteiger partial charge on any atom is -0.484 e. The Hall–Kier alpha value is -2.49. The number of hydrogen-bond acceptors (Lipinski definition) is 5. The Morgan fingerprint density at radius 2 is 1.80 bits per heavy atom. The molecule has 0 bridgehead atoms. The van der Waals surface area contributed by atoms with E-state index in [1.54, 1.807) is 6.07 Å². The molecule has 0 unspecified atom stereocenters. The summed E-state index contributed by atoms with van der Waals surface area (Å²) in [5.41, 5.74) is 1.06. The zero-order chi connectivity index (χ0) is 21.6. The Kier molecular flexibility index (Phi) is 7.41. The summed E-state index contributed by atoms with van der Waals surface area (Å²) in [5, 5.41) is 2.81. The third kappa shape index (κ3) is 6.01. The number of amides is 1. The van der Waals surface area contributed by atoms with E-state index in [0.717, 1.165) is 17.7 Å². The first kappa shape index (κ1) is 22.2. The van der Waals surface area contributed by atoms with Crippen LogP contribution in [-0.4, -0.2) is 69.4 Å². The average molecular weight is 436 g/mol. The number of rotatable bonds is 8. The minimum atomic E-state index is -3.62. The van der Waals surface area contributed by atoms with E-state index >= 15 is 0 Å². The van der Waals surface area contributed by atoms with E-state index in [-0.39, 0.29) is 17.4 Å². The summed E-state index contributed by atoms with van der Waals surface area (Å²) in [6.07, 6.45) is 0. The van der Waals surface area contributed by atoms with Crippen molar-refractivity contribution >= 4 is 15.9 Å². The number of halogens is 1. The number of carbonyl (C=O) groups is 1. The van der Waals surface area contributed by atoms with Gasteiger partial charge in [-0.3, -0.25) is 9.69 Å². The number of piperazine rings is 1. The molecule has 162 valence electrons. The number of hydrogen-bond donors (Lipinski definition) is 1. The number of benzene rings is 2. The molecular weight excluding hydrogens is 409 g/mol. The summed E-state index contributed by atoms with van der Waals surface area (Å²) in [6.45, 7) is 4.83. The third-order valence-electron chi connectivity index (χ3n) is 4.89. The molecule has 0 saturated carbocycles. The highest BCUT2D eigenvalue weighted by atomic mass is 32.2. The molecule has 1 fully saturated rings. The van der Waals surface area contributed by atoms with Gasteiger partial charge in [0.2, 0.25) is 10.0 Å². The molecule has 0 atom stereocenters. The third-order valence-corrected chi connectivity index (χ3v) is 6.81. The second-order valence-corrected chi connectivity index (χ2v) is 9.09. The second-order valence-electron chi connectivity index (χ2n) is 7.15. The highest BCUT2D eigenvalue weighted by molar-refractivity contribution is 7.89. The summed E-state index contributed by atoms with van der Waals surface area (Å²) in [5.74, 6) is -0.0113. The molecule has 3 rings (SSSR count). The van der Waals surface area contributed by atoms with Crippen LogP contribution in [-0.2, 0) is 14.8 Å². The molecule has 1 amide bonds. The van der Waals surface area contributed by atoms with Gasteiger partial charge in [0.25, 0.3) is 5.91 Å². The number of nitrogens with zero attached hydrogens (tertiary/aromatic N) is 2. The highest BCUT2D eigenvalue weighted by Gasteiger charge is 2.28. The fourth-order valence-corrected chi connectivity index (χ4v) is 4.63. The van der Waals surface area contributed by atoms with Crippen LogP contribution in [0.5, 0.6) is 5.75 Å². The van der Waals surface area contributed by atoms with Crippen molar-refractivity contribution in [2.45, 2.75) is 11.8 Å². The molecule has 9 heteroatoms. The molecule has 1 heterocycles. The molecule has 0 aliphatic carbocycles. The molecule has 0 spiro atoms. The lowest BCUT2D eigenvalue weighted by molar-refractivity contribution is -0.123. The Labute approximate surface area is 176 Å². The molecule has 7 nitrogen and oxygen atoms in total. The van der Waals surface area contributed by atoms with Crippen molar-refractivity contribution in [3.05, 3.63) is 59.9 Å². The first-order valence-corrected chi connectivity index (χ1v) is 11.2. The number of aryl methyl sites for hydroxylation is 1. The molecule has 0 aromatic heterocycles. The largest absolute Gasteiger partial charge is 0.484 e. The molecule has 1 N–H and O–H groups in total. The van der Waals surface area contributed by atoms with E-state index in [9.17, 15) is 17.6 Å². The van der Waals surface area contributed by atoms with Crippen LogP contribution in [0.3, 0.4) is 0 Å². The average Bonchev–Trinajstić information content (AvgIpc) is 2.73. The van der Waals surface area contributed by atoms with Crippen molar-refractivity contribution in [1.29, 1.82) is 0 Å². The molecular formula is C21H26FN3O4S. The smallest absolute Gasteiger partial charge is 0.257 e. The second kappa shape index (κ2) is 10.0. The summed E-state index contributed by atoms with van der Waals surface area (Å²) in [7, 11) is -3.62. The SMILES string of the molecule is Cc1cccc(OCC(=O)NCCN2CCN(S(=O)(=O)c3ccc(F)cc3)CC2)c1. The van der Waals surface area contributed by atoms with Crippen LogP contribution in [0.1, 0.15) is 5.56 Å². The van der Waals surface area contributed by atoms with Crippen molar-refractivity contribution in [3.63, 3.8) is 0 Å². The van der Waals surface area contributed by atoms with Gasteiger partial charge in [0, 0.05) is 39.3 Å². The molecule has 0 radical (unpaired) electrons. The summed E-state index contributed by atoms with van der Waals surface area (Å²) in [6, 6.07) is 12.4. The van der Waals surface area contributed by atoms with Gasteiger partial charge in [-0.25, -0.2) is 12.8 Å². The van der Waals surface area contributed by atoms with E-state index in [0.29, 0.717) is 45.0 Å². The van der Waals surface area contributed by atoms with E-state index in [1.807, 2.05) is 25.1 Å². The zero-order valence-electron chi connectivity index (χ0n) is 16.9. The number of carbonyl (C=O) groups excluding carboxylic acids is 1. The molecule has 1 saturated heterocycles. The van der Waals surface area contributed by atoms with Crippen LogP contribution >= 0.6 is 0 Å². The lowest BCUT2D eigenvalue weighted by Gasteiger charge is -2.33. The van der Waals surface area contributed by atoms with Gasteiger partial charge in [0.15, 0.2) is 6.61 Å². The fraction of sp³-hybridized carbons (Fsp3) is 0.381. The van der Waals surface area contributed by atoms with E-state index in [4.69, 9.17) is 4.74 Å². The fourth-order valence-electron chi connectivity index (χ4n) is 3.21. The van der Waals surface area contributed by atoms with Crippen LogP contribution < -0.4 is 10.1 Å². The van der Waals surface area contributed by atoms with E-state index in [2.05, 4.69) is 10.2 Å². The molecule has 1 aliphatic heterocycles. The predicted molar refractivity (Wildman–Crippen MR) is 111 cm³/mol. The summed E-state index contributed by atoms with van der Waals surface area (Å²) in [4.78, 5) is 14.1. The molecule has 2 aromatic rings. The molecule has 30 heavy (non-hydrogen) atoms. The molecule has 2 aromatic carbocycles. The summed E-state index contributed by atoms with van der Waals surface area (Å²) < 4.78 is 45.2. The topological polar surface area (TPSA) is 79.0 Å². The maximum atomic E-state index is 13.0. The van der Waals surface area contributed by atoms with Gasteiger partial charge in [-0.05, 0) is 48.9 Å². The van der Waals surface area contributed by atoms with Crippen molar-refractivity contribution in [1.82, 2.24) is 14.5 Å². The van der Waals surface area contributed by atoms with Crippen molar-refractivity contribution in [3.8, 4) is 5.75 Å².